The van der Waals surface area contributed by atoms with Gasteiger partial charge >= 0.3 is 17.9 Å². The second kappa shape index (κ2) is 9.64. The summed E-state index contributed by atoms with van der Waals surface area (Å²) in [6.07, 6.45) is 3.74. The van der Waals surface area contributed by atoms with Crippen LogP contribution in [0.4, 0.5) is 0 Å². The van der Waals surface area contributed by atoms with Gasteiger partial charge in [-0.2, -0.15) is 0 Å². The highest BCUT2D eigenvalue weighted by atomic mass is 17.0. The predicted octanol–water partition coefficient (Wildman–Crippen LogP) is 4.19. The van der Waals surface area contributed by atoms with Gasteiger partial charge in [0.15, 0.2) is 11.2 Å². The molecule has 3 aliphatic heterocycles. The van der Waals surface area contributed by atoms with Gasteiger partial charge in [0.25, 0.3) is 5.97 Å². The minimum Gasteiger partial charge on any atom is -0.472 e. The summed E-state index contributed by atoms with van der Waals surface area (Å²) in [5.74, 6) is -4.61. The summed E-state index contributed by atoms with van der Waals surface area (Å²) in [7, 11) is 1.30. The average molecular weight is 683 g/mol. The molecule has 4 bridgehead atoms. The van der Waals surface area contributed by atoms with Crippen molar-refractivity contribution in [2.24, 2.45) is 28.1 Å². The van der Waals surface area contributed by atoms with Crippen LogP contribution in [0.2, 0.25) is 0 Å². The van der Waals surface area contributed by atoms with E-state index in [-0.39, 0.29) is 18.8 Å². The number of fused-ring (bicyclic) bond motifs is 4. The Morgan fingerprint density at radius 2 is 1.90 bits per heavy atom. The van der Waals surface area contributed by atoms with Gasteiger partial charge in [0.05, 0.1) is 19.6 Å². The maximum absolute atomic E-state index is 13.7. The second-order valence-electron chi connectivity index (χ2n) is 16.2. The van der Waals surface area contributed by atoms with Crippen LogP contribution in [0.3, 0.4) is 0 Å². The lowest BCUT2D eigenvalue weighted by Crippen LogP contribution is -2.92. The number of carbonyl (C=O) groups is 3. The summed E-state index contributed by atoms with van der Waals surface area (Å²) in [6, 6.07) is 1.75. The van der Waals surface area contributed by atoms with E-state index in [0.29, 0.717) is 36.0 Å². The van der Waals surface area contributed by atoms with Crippen LogP contribution in [0.1, 0.15) is 92.2 Å². The van der Waals surface area contributed by atoms with Crippen LogP contribution in [0, 0.1) is 28.1 Å². The van der Waals surface area contributed by atoms with Gasteiger partial charge in [-0.05, 0) is 57.1 Å². The lowest BCUT2D eigenvalue weighted by molar-refractivity contribution is -0.455. The number of aliphatic hydroxyl groups is 2. The first-order valence-corrected chi connectivity index (χ1v) is 17.4. The standard InChI is InChI=1S/C37H46O12/c1-9-19(3)27(40)46-28-31(6)18-33(41)32(7,22(31)15-24(38)43-8)34-13-12-30(5)23(16-25(39)45-26(30)21-11-14-44-17-21)36(34)29(35(28,33)42)47-37(48-34,49-36)20(4)10-2/h9,11,14,16-17,20,22,26,28-29,41-42H,10,12-13,15,18H2,1-8H3/b19-9+/t20?,22-,26-,28-,29+,30+,31+,32+,33+,34-,35-,36+,37?/m0/s1. The second-order valence-corrected chi connectivity index (χ2v) is 16.2. The highest BCUT2D eigenvalue weighted by Gasteiger charge is 3.02. The third kappa shape index (κ3) is 3.24. The Bertz CT molecular complexity index is 1720. The molecular weight excluding hydrogens is 636 g/mol. The molecule has 13 atom stereocenters. The van der Waals surface area contributed by atoms with Crippen molar-refractivity contribution < 1.29 is 57.4 Å². The molecule has 1 aromatic rings. The Morgan fingerprint density at radius 3 is 2.53 bits per heavy atom. The summed E-state index contributed by atoms with van der Waals surface area (Å²) < 4.78 is 44.4. The van der Waals surface area contributed by atoms with Gasteiger partial charge in [-0.25, -0.2) is 9.59 Å². The lowest BCUT2D eigenvalue weighted by Gasteiger charge is -2.75. The normalized spacial score (nSPS) is 50.7. The molecule has 4 aliphatic carbocycles. The summed E-state index contributed by atoms with van der Waals surface area (Å²) in [6.45, 7) is 12.9. The molecule has 2 saturated heterocycles. The molecule has 4 heterocycles. The number of allylic oxidation sites excluding steroid dienone is 1. The third-order valence-corrected chi connectivity index (χ3v) is 14.5. The highest BCUT2D eigenvalue weighted by molar-refractivity contribution is 5.88. The molecule has 4 saturated carbocycles. The fraction of sp³-hybridized carbons (Fsp3) is 0.703. The fourth-order valence-electron chi connectivity index (χ4n) is 11.9. The Labute approximate surface area is 285 Å². The van der Waals surface area contributed by atoms with Crippen molar-refractivity contribution in [1.29, 1.82) is 0 Å². The minimum atomic E-state index is -2.28. The summed E-state index contributed by atoms with van der Waals surface area (Å²) in [4.78, 5) is 40.6. The Hall–Kier alpha value is -3.03. The van der Waals surface area contributed by atoms with E-state index in [1.807, 2.05) is 34.6 Å². The SMILES string of the molecule is C/C=C(\C)C(=O)O[C@H]1[C@]2(C)C[C@]3(O)[C@@]1(O)[C@H]1OC4(C(C)CC)O[C@@]5(CC[C@]6(C)C(=CC(=O)O[C@H]6c6ccoc6)[C@@]15O4)[C@]3(C)[C@H]2CC(=O)OC. The molecule has 49 heavy (non-hydrogen) atoms. The van der Waals surface area contributed by atoms with Crippen LogP contribution < -0.4 is 0 Å². The average Bonchev–Trinajstić information content (AvgIpc) is 3.86. The molecule has 1 spiro atoms. The van der Waals surface area contributed by atoms with Crippen LogP contribution in [-0.2, 0) is 42.8 Å². The van der Waals surface area contributed by atoms with E-state index < -0.39 is 86.8 Å². The van der Waals surface area contributed by atoms with Crippen molar-refractivity contribution in [2.45, 2.75) is 127 Å². The Kier molecular flexibility index (Phi) is 6.52. The molecule has 266 valence electrons. The third-order valence-electron chi connectivity index (χ3n) is 14.5. The quantitative estimate of drug-likeness (QED) is 0.240. The highest BCUT2D eigenvalue weighted by Crippen LogP contribution is 2.88. The molecule has 0 aromatic carbocycles. The largest absolute Gasteiger partial charge is 0.472 e. The van der Waals surface area contributed by atoms with E-state index in [0.717, 1.165) is 0 Å². The van der Waals surface area contributed by atoms with Gasteiger partial charge in [0, 0.05) is 45.8 Å². The topological polar surface area (TPSA) is 160 Å². The number of ether oxygens (including phenoxy) is 6. The maximum Gasteiger partial charge on any atom is 0.333 e. The smallest absolute Gasteiger partial charge is 0.333 e. The van der Waals surface area contributed by atoms with Crippen molar-refractivity contribution in [3.05, 3.63) is 47.5 Å². The van der Waals surface area contributed by atoms with Crippen molar-refractivity contribution in [1.82, 2.24) is 0 Å². The first-order chi connectivity index (χ1) is 23.0. The predicted molar refractivity (Wildman–Crippen MR) is 168 cm³/mol. The van der Waals surface area contributed by atoms with Crippen LogP contribution in [0.25, 0.3) is 0 Å². The van der Waals surface area contributed by atoms with Crippen LogP contribution in [0.5, 0.6) is 0 Å². The van der Waals surface area contributed by atoms with Crippen LogP contribution in [-0.4, -0.2) is 75.8 Å². The van der Waals surface area contributed by atoms with E-state index in [1.54, 1.807) is 32.3 Å². The molecule has 2 N–H and O–H groups in total. The minimum absolute atomic E-state index is 0.0190. The van der Waals surface area contributed by atoms with Crippen molar-refractivity contribution >= 4 is 17.9 Å². The van der Waals surface area contributed by atoms with Gasteiger partial charge in [0.1, 0.15) is 29.5 Å². The van der Waals surface area contributed by atoms with Crippen LogP contribution >= 0.6 is 0 Å². The molecule has 2 unspecified atom stereocenters. The number of carbonyl (C=O) groups excluding carboxylic acids is 3. The van der Waals surface area contributed by atoms with Crippen molar-refractivity contribution in [3.8, 4) is 0 Å². The molecular formula is C37H46O12. The van der Waals surface area contributed by atoms with Gasteiger partial charge in [-0.3, -0.25) is 4.79 Å². The first-order valence-electron chi connectivity index (χ1n) is 17.4. The molecule has 1 aromatic heterocycles. The molecule has 6 fully saturated rings. The molecule has 12 nitrogen and oxygen atoms in total. The van der Waals surface area contributed by atoms with E-state index in [9.17, 15) is 24.6 Å². The summed E-state index contributed by atoms with van der Waals surface area (Å²) in [5, 5.41) is 26.9. The molecule has 8 rings (SSSR count). The number of methoxy groups -OCH3 is 1. The number of hydrogen-bond donors (Lipinski definition) is 2. The number of hydrogen-bond acceptors (Lipinski definition) is 12. The Balaban J connectivity index is 1.44. The molecule has 0 amide bonds. The van der Waals surface area contributed by atoms with E-state index in [1.165, 1.54) is 19.4 Å². The zero-order valence-corrected chi connectivity index (χ0v) is 29.3. The van der Waals surface area contributed by atoms with Gasteiger partial charge in [0.2, 0.25) is 0 Å². The van der Waals surface area contributed by atoms with Gasteiger partial charge in [-0.1, -0.05) is 40.7 Å². The van der Waals surface area contributed by atoms with Gasteiger partial charge in [-0.15, -0.1) is 0 Å². The lowest BCUT2D eigenvalue weighted by atomic mass is 9.35. The van der Waals surface area contributed by atoms with Crippen molar-refractivity contribution in [2.75, 3.05) is 7.11 Å². The summed E-state index contributed by atoms with van der Waals surface area (Å²) >= 11 is 0. The maximum atomic E-state index is 13.7. The van der Waals surface area contributed by atoms with Crippen LogP contribution in [0.15, 0.2) is 46.3 Å². The first kappa shape index (κ1) is 33.1. The van der Waals surface area contributed by atoms with E-state index >= 15 is 0 Å². The van der Waals surface area contributed by atoms with Crippen molar-refractivity contribution in [3.63, 3.8) is 0 Å². The summed E-state index contributed by atoms with van der Waals surface area (Å²) in [5.41, 5.74) is -9.36. The van der Waals surface area contributed by atoms with Gasteiger partial charge < -0.3 is 43.1 Å². The Morgan fingerprint density at radius 1 is 1.16 bits per heavy atom. The number of esters is 3. The van der Waals surface area contributed by atoms with E-state index in [4.69, 9.17) is 32.8 Å². The monoisotopic (exact) mass is 682 g/mol. The van der Waals surface area contributed by atoms with E-state index in [2.05, 4.69) is 0 Å². The molecule has 0 radical (unpaired) electrons. The molecule has 12 heteroatoms. The number of rotatable bonds is 7. The number of cyclic esters (lactones) is 1. The zero-order chi connectivity index (χ0) is 35.4. The fourth-order valence-corrected chi connectivity index (χ4v) is 11.9. The zero-order valence-electron chi connectivity index (χ0n) is 29.3. The number of furan rings is 1. The molecule has 7 aliphatic rings.